The number of nitrogens with one attached hydrogen (secondary N) is 2. The normalized spacial score (nSPS) is 11.2. The summed E-state index contributed by atoms with van der Waals surface area (Å²) in [6.07, 6.45) is 10.7. The lowest BCUT2D eigenvalue weighted by atomic mass is 9.84. The summed E-state index contributed by atoms with van der Waals surface area (Å²) in [5.41, 5.74) is 5.75. The molecule has 46 heavy (non-hydrogen) atoms. The van der Waals surface area contributed by atoms with Crippen LogP contribution in [0.5, 0.6) is 0 Å². The number of nitriles is 1. The van der Waals surface area contributed by atoms with Gasteiger partial charge in [-0.25, -0.2) is 9.37 Å². The summed E-state index contributed by atoms with van der Waals surface area (Å²) in [5, 5.41) is 24.4. The molecule has 1 amide bonds. The van der Waals surface area contributed by atoms with E-state index in [1.54, 1.807) is 60.9 Å². The van der Waals surface area contributed by atoms with Gasteiger partial charge < -0.3 is 10.6 Å². The molecule has 2 N–H and O–H groups in total. The maximum Gasteiger partial charge on any atom is 0.258 e. The lowest BCUT2D eigenvalue weighted by molar-refractivity contribution is 0.102. The van der Waals surface area contributed by atoms with E-state index in [2.05, 4.69) is 43.7 Å². The van der Waals surface area contributed by atoms with E-state index in [4.69, 9.17) is 0 Å². The van der Waals surface area contributed by atoms with Crippen LogP contribution in [0.3, 0.4) is 0 Å². The molecule has 0 saturated heterocycles. The Bertz CT molecular complexity index is 2240. The number of nitrogens with zero attached hydrogens (tertiary/aromatic N) is 7. The zero-order valence-electron chi connectivity index (χ0n) is 25.9. The van der Waals surface area contributed by atoms with Gasteiger partial charge in [-0.05, 0) is 85.8 Å². The zero-order valence-corrected chi connectivity index (χ0v) is 25.9. The largest absolute Gasteiger partial charge is 0.350 e. The molecule has 0 spiro atoms. The van der Waals surface area contributed by atoms with E-state index >= 15 is 4.39 Å². The minimum atomic E-state index is -0.830. The Morgan fingerprint density at radius 3 is 2.46 bits per heavy atom. The molecule has 0 aliphatic carbocycles. The number of amides is 1. The summed E-state index contributed by atoms with van der Waals surface area (Å²) < 4.78 is 20.4. The van der Waals surface area contributed by atoms with E-state index in [0.717, 1.165) is 22.5 Å². The highest BCUT2D eigenvalue weighted by molar-refractivity contribution is 6.05. The fourth-order valence-electron chi connectivity index (χ4n) is 5.02. The molecule has 0 aliphatic rings. The number of halogens is 1. The van der Waals surface area contributed by atoms with Crippen molar-refractivity contribution in [2.24, 2.45) is 14.1 Å². The fourth-order valence-corrected chi connectivity index (χ4v) is 5.02. The van der Waals surface area contributed by atoms with Crippen molar-refractivity contribution in [1.29, 1.82) is 5.26 Å². The topological polar surface area (TPSA) is 118 Å². The molecule has 2 aromatic carbocycles. The highest BCUT2D eigenvalue weighted by Gasteiger charge is 2.23. The molecule has 10 nitrogen and oxygen atoms in total. The third-order valence-corrected chi connectivity index (χ3v) is 7.63. The summed E-state index contributed by atoms with van der Waals surface area (Å²) in [6.45, 7) is 5.34. The molecule has 0 atom stereocenters. The first-order chi connectivity index (χ1) is 22.0. The number of anilines is 3. The second kappa shape index (κ2) is 11.7. The molecule has 0 bridgehead atoms. The van der Waals surface area contributed by atoms with Gasteiger partial charge in [-0.1, -0.05) is 5.92 Å². The van der Waals surface area contributed by atoms with E-state index in [0.29, 0.717) is 33.7 Å². The summed E-state index contributed by atoms with van der Waals surface area (Å²) >= 11 is 0. The molecular weight excluding hydrogens is 581 g/mol. The fraction of sp³-hybridized carbons (Fsp3) is 0.171. The molecule has 0 unspecified atom stereocenters. The van der Waals surface area contributed by atoms with Gasteiger partial charge in [0.15, 0.2) is 5.65 Å². The van der Waals surface area contributed by atoms with Crippen LogP contribution in [-0.4, -0.2) is 34.9 Å². The maximum atomic E-state index is 15.2. The van der Waals surface area contributed by atoms with Gasteiger partial charge >= 0.3 is 0 Å². The third-order valence-electron chi connectivity index (χ3n) is 7.63. The number of fused-ring (bicyclic) bond motifs is 1. The van der Waals surface area contributed by atoms with Gasteiger partial charge in [0.05, 0.1) is 47.0 Å². The first-order valence-electron chi connectivity index (χ1n) is 14.4. The van der Waals surface area contributed by atoms with Crippen LogP contribution in [0.25, 0.3) is 16.8 Å². The number of pyridine rings is 1. The van der Waals surface area contributed by atoms with Crippen LogP contribution in [0.2, 0.25) is 0 Å². The first-order valence-corrected chi connectivity index (χ1v) is 14.4. The number of aryl methyl sites for hydroxylation is 3. The van der Waals surface area contributed by atoms with Gasteiger partial charge in [0.2, 0.25) is 0 Å². The second-order valence-electron chi connectivity index (χ2n) is 11.6. The highest BCUT2D eigenvalue weighted by Crippen LogP contribution is 2.32. The highest BCUT2D eigenvalue weighted by atomic mass is 19.1. The van der Waals surface area contributed by atoms with Crippen LogP contribution < -0.4 is 10.6 Å². The van der Waals surface area contributed by atoms with Crippen LogP contribution in [0.15, 0.2) is 79.6 Å². The average molecular weight is 612 g/mol. The van der Waals surface area contributed by atoms with Crippen molar-refractivity contribution >= 4 is 28.6 Å². The predicted molar refractivity (Wildman–Crippen MR) is 174 cm³/mol. The number of aromatic nitrogens is 6. The van der Waals surface area contributed by atoms with Crippen LogP contribution >= 0.6 is 0 Å². The van der Waals surface area contributed by atoms with Crippen LogP contribution in [0, 0.1) is 35.9 Å². The SMILES string of the molecule is Cc1cc(F)c(C(=O)Nc2cc(-c3cnn(C)c3)cc(C(C)(C)C#N)c2)cc1C#Cc1cnc2c(Nc3cnn(C)c3)cccn12. The summed E-state index contributed by atoms with van der Waals surface area (Å²) in [6, 6.07) is 14.3. The number of hydrogen-bond acceptors (Lipinski definition) is 6. The van der Waals surface area contributed by atoms with E-state index < -0.39 is 17.1 Å². The number of carbonyl (C=O) groups excluding carboxylic acids is 1. The Morgan fingerprint density at radius 1 is 0.957 bits per heavy atom. The second-order valence-corrected chi connectivity index (χ2v) is 11.6. The zero-order chi connectivity index (χ0) is 32.6. The number of imidazole rings is 1. The molecule has 6 aromatic rings. The molecule has 4 aromatic heterocycles. The molecule has 0 fully saturated rings. The van der Waals surface area contributed by atoms with E-state index in [9.17, 15) is 10.1 Å². The van der Waals surface area contributed by atoms with Crippen LogP contribution in [-0.2, 0) is 19.5 Å². The molecule has 11 heteroatoms. The van der Waals surface area contributed by atoms with Gasteiger partial charge in [-0.15, -0.1) is 0 Å². The van der Waals surface area contributed by atoms with Gasteiger partial charge in [0, 0.05) is 49.5 Å². The van der Waals surface area contributed by atoms with Crippen LogP contribution in [0.1, 0.15) is 46.6 Å². The van der Waals surface area contributed by atoms with E-state index in [-0.39, 0.29) is 5.56 Å². The molecule has 0 aliphatic heterocycles. The van der Waals surface area contributed by atoms with E-state index in [1.807, 2.05) is 55.3 Å². The predicted octanol–water partition coefficient (Wildman–Crippen LogP) is 6.11. The van der Waals surface area contributed by atoms with Crippen molar-refractivity contribution < 1.29 is 9.18 Å². The smallest absolute Gasteiger partial charge is 0.258 e. The standard InChI is InChI=1S/C35H30FN9O/c1-22-11-31(36)30(34(46)42-27-13-24(25-16-39-43(4)19-25)12-26(15-27)35(2,3)21-37)14-23(22)8-9-29-18-38-33-32(7-6-10-45(29)33)41-28-17-40-44(5)20-28/h6-7,10-20,41H,1-5H3,(H,42,46). The molecule has 4 heterocycles. The Hall–Kier alpha value is -6.20. The molecule has 0 saturated carbocycles. The Labute approximate surface area is 265 Å². The summed E-state index contributed by atoms with van der Waals surface area (Å²) in [5.74, 6) is 4.93. The van der Waals surface area contributed by atoms with Crippen molar-refractivity contribution in [1.82, 2.24) is 28.9 Å². The van der Waals surface area contributed by atoms with Gasteiger partial charge in [-0.2, -0.15) is 15.5 Å². The van der Waals surface area contributed by atoms with Gasteiger partial charge in [0.25, 0.3) is 5.91 Å². The quantitative estimate of drug-likeness (QED) is 0.220. The lowest BCUT2D eigenvalue weighted by Gasteiger charge is -2.19. The van der Waals surface area contributed by atoms with Gasteiger partial charge in [-0.3, -0.25) is 18.6 Å². The van der Waals surface area contributed by atoms with Crippen molar-refractivity contribution in [2.75, 3.05) is 10.6 Å². The average Bonchev–Trinajstić information content (AvgIpc) is 3.76. The number of rotatable bonds is 6. The first kappa shape index (κ1) is 29.9. The Kier molecular flexibility index (Phi) is 7.60. The lowest BCUT2D eigenvalue weighted by Crippen LogP contribution is -2.17. The van der Waals surface area contributed by atoms with Gasteiger partial charge in [0.1, 0.15) is 11.5 Å². The number of carbonyl (C=O) groups is 1. The van der Waals surface area contributed by atoms with Crippen molar-refractivity contribution in [3.05, 3.63) is 113 Å². The Morgan fingerprint density at radius 2 is 1.74 bits per heavy atom. The molecular formula is C35H30FN9O. The van der Waals surface area contributed by atoms with Crippen molar-refractivity contribution in [3.8, 4) is 29.0 Å². The van der Waals surface area contributed by atoms with Crippen molar-refractivity contribution in [3.63, 3.8) is 0 Å². The third kappa shape index (κ3) is 5.94. The van der Waals surface area contributed by atoms with Crippen LogP contribution in [0.4, 0.5) is 21.5 Å². The number of benzene rings is 2. The number of hydrogen-bond donors (Lipinski definition) is 2. The van der Waals surface area contributed by atoms with E-state index in [1.165, 1.54) is 12.1 Å². The minimum Gasteiger partial charge on any atom is -0.350 e. The summed E-state index contributed by atoms with van der Waals surface area (Å²) in [7, 11) is 3.65. The maximum absolute atomic E-state index is 15.2. The minimum absolute atomic E-state index is 0.149. The molecule has 0 radical (unpaired) electrons. The van der Waals surface area contributed by atoms with Crippen molar-refractivity contribution in [2.45, 2.75) is 26.2 Å². The summed E-state index contributed by atoms with van der Waals surface area (Å²) in [4.78, 5) is 18.0. The molecule has 6 rings (SSSR count). The Balaban J connectivity index is 1.30. The monoisotopic (exact) mass is 611 g/mol. The molecule has 228 valence electrons.